The topological polar surface area (TPSA) is 142 Å². The Labute approximate surface area is 83.5 Å². The predicted molar refractivity (Wildman–Crippen MR) is 14.9 cm³/mol. The molecule has 0 heterocycles. The van der Waals surface area contributed by atoms with Crippen LogP contribution >= 0.6 is 0 Å². The first-order chi connectivity index (χ1) is 0. The van der Waals surface area contributed by atoms with Crippen LogP contribution in [0.1, 0.15) is 0 Å². The summed E-state index contributed by atoms with van der Waals surface area (Å²) < 4.78 is 0. The van der Waals surface area contributed by atoms with Crippen LogP contribution in [0.5, 0.6) is 0 Å². The smallest absolute Gasteiger partial charge is 2.00 e. The standard InChI is InChI=1S/2Al.5O.Ti/q2*+3;5*-2;+4. The van der Waals surface area contributed by atoms with E-state index in [1.54, 1.807) is 0 Å². The molecule has 0 spiro atoms. The Morgan fingerprint density at radius 1 is 0.375 bits per heavy atom. The summed E-state index contributed by atoms with van der Waals surface area (Å²) in [6.07, 6.45) is 0. The molecule has 0 fully saturated rings. The average molecular weight is 182 g/mol. The summed E-state index contributed by atoms with van der Waals surface area (Å²) in [5.74, 6) is 0. The molecule has 0 aromatic heterocycles. The molecule has 0 radical (unpaired) electrons. The Balaban J connectivity index is 0. The minimum Gasteiger partial charge on any atom is -2.00 e. The maximum absolute atomic E-state index is 0. The van der Waals surface area contributed by atoms with Gasteiger partial charge in [0.15, 0.2) is 0 Å². The van der Waals surface area contributed by atoms with Gasteiger partial charge in [0, 0.05) is 0 Å². The molecule has 0 aromatic rings. The molecule has 0 saturated heterocycles. The summed E-state index contributed by atoms with van der Waals surface area (Å²) in [5, 5.41) is 0. The fourth-order valence-corrected chi connectivity index (χ4v) is 0. The molecule has 0 aliphatic heterocycles. The minimum atomic E-state index is 0. The Bertz CT molecular complexity index is 10.4. The van der Waals surface area contributed by atoms with E-state index >= 15 is 0 Å². The van der Waals surface area contributed by atoms with E-state index in [4.69, 9.17) is 0 Å². The summed E-state index contributed by atoms with van der Waals surface area (Å²) in [7, 11) is 0. The summed E-state index contributed by atoms with van der Waals surface area (Å²) in [6, 6.07) is 0. The van der Waals surface area contributed by atoms with Gasteiger partial charge in [-0.2, -0.15) is 0 Å². The zero-order valence-electron chi connectivity index (χ0n) is 3.70. The molecule has 0 rings (SSSR count). The van der Waals surface area contributed by atoms with Crippen LogP contribution in [0.25, 0.3) is 0 Å². The molecule has 0 saturated carbocycles. The van der Waals surface area contributed by atoms with Crippen LogP contribution in [0.15, 0.2) is 0 Å². The molecule has 5 nitrogen and oxygen atoms in total. The monoisotopic (exact) mass is 182 g/mol. The Hall–Kier alpha value is 1.58. The third kappa shape index (κ3) is 132. The predicted octanol–water partition coefficient (Wildman–Crippen LogP) is -1.36. The fourth-order valence-electron chi connectivity index (χ4n) is 0. The quantitative estimate of drug-likeness (QED) is 0.407. The molecule has 0 unspecified atom stereocenters. The first kappa shape index (κ1) is 283. The van der Waals surface area contributed by atoms with E-state index in [1.807, 2.05) is 0 Å². The van der Waals surface area contributed by atoms with E-state index in [-0.39, 0.29) is 83.8 Å². The molecular weight excluding hydrogens is 182 g/mol. The van der Waals surface area contributed by atoms with Gasteiger partial charge >= 0.3 is 56.4 Å². The molecule has 8 heavy (non-hydrogen) atoms. The van der Waals surface area contributed by atoms with Crippen molar-refractivity contribution in [2.24, 2.45) is 0 Å². The zero-order chi connectivity index (χ0) is 0. The second-order valence-corrected chi connectivity index (χ2v) is 0. The van der Waals surface area contributed by atoms with Gasteiger partial charge in [-0.15, -0.1) is 0 Å². The maximum atomic E-state index is 0. The summed E-state index contributed by atoms with van der Waals surface area (Å²) >= 11 is 0. The second-order valence-electron chi connectivity index (χ2n) is 0. The van der Waals surface area contributed by atoms with Crippen LogP contribution in [0.3, 0.4) is 0 Å². The van der Waals surface area contributed by atoms with E-state index in [0.29, 0.717) is 0 Å². The molecule has 0 aliphatic carbocycles. The van der Waals surface area contributed by atoms with E-state index in [2.05, 4.69) is 0 Å². The van der Waals surface area contributed by atoms with Crippen molar-refractivity contribution in [3.63, 3.8) is 0 Å². The normalized spacial score (nSPS) is 0. The van der Waals surface area contributed by atoms with Gasteiger partial charge in [0.2, 0.25) is 0 Å². The van der Waals surface area contributed by atoms with Crippen LogP contribution in [-0.2, 0) is 49.1 Å². The summed E-state index contributed by atoms with van der Waals surface area (Å²) in [5.41, 5.74) is 0. The van der Waals surface area contributed by atoms with Gasteiger partial charge in [-0.1, -0.05) is 0 Å². The van der Waals surface area contributed by atoms with E-state index in [1.165, 1.54) is 0 Å². The SMILES string of the molecule is [Al+3].[Al+3].[O-2].[O-2].[O-2].[O-2].[O-2].[Ti+4]. The minimum absolute atomic E-state index is 0. The molecule has 40 valence electrons. The summed E-state index contributed by atoms with van der Waals surface area (Å²) in [4.78, 5) is 0. The van der Waals surface area contributed by atoms with Crippen molar-refractivity contribution in [1.82, 2.24) is 0 Å². The first-order valence-electron chi connectivity index (χ1n) is 0. The zero-order valence-corrected chi connectivity index (χ0v) is 7.57. The van der Waals surface area contributed by atoms with Gasteiger partial charge in [0.05, 0.1) is 0 Å². The van der Waals surface area contributed by atoms with Gasteiger partial charge in [-0.3, -0.25) is 0 Å². The Morgan fingerprint density at radius 3 is 0.375 bits per heavy atom. The molecule has 0 bridgehead atoms. The van der Waals surface area contributed by atoms with Crippen molar-refractivity contribution in [3.05, 3.63) is 0 Å². The number of hydrogen-bond donors (Lipinski definition) is 0. The van der Waals surface area contributed by atoms with Gasteiger partial charge in [0.1, 0.15) is 0 Å². The third-order valence-corrected chi connectivity index (χ3v) is 0. The first-order valence-corrected chi connectivity index (χ1v) is 0. The molecule has 0 aromatic carbocycles. The fraction of sp³-hybridized carbons (Fsp3) is 0. The second kappa shape index (κ2) is 198. The van der Waals surface area contributed by atoms with Gasteiger partial charge in [-0.05, 0) is 0 Å². The van der Waals surface area contributed by atoms with Crippen LogP contribution < -0.4 is 0 Å². The molecule has 0 aliphatic rings. The third-order valence-electron chi connectivity index (χ3n) is 0. The van der Waals surface area contributed by atoms with Crippen molar-refractivity contribution >= 4 is 34.7 Å². The Kier molecular flexibility index (Phi) is 6980. The van der Waals surface area contributed by atoms with Crippen LogP contribution in [-0.4, -0.2) is 34.7 Å². The average Bonchev–Trinajstić information content (AvgIpc) is 0. The van der Waals surface area contributed by atoms with Crippen LogP contribution in [0, 0.1) is 0 Å². The molecule has 0 N–H and O–H groups in total. The van der Waals surface area contributed by atoms with Crippen LogP contribution in [0.2, 0.25) is 0 Å². The summed E-state index contributed by atoms with van der Waals surface area (Å²) in [6.45, 7) is 0. The van der Waals surface area contributed by atoms with E-state index in [0.717, 1.165) is 0 Å². The van der Waals surface area contributed by atoms with E-state index < -0.39 is 0 Å². The molecule has 0 atom stereocenters. The molecule has 8 heteroatoms. The Morgan fingerprint density at radius 2 is 0.375 bits per heavy atom. The number of hydrogen-bond acceptors (Lipinski definition) is 0. The van der Waals surface area contributed by atoms with Crippen molar-refractivity contribution in [2.45, 2.75) is 0 Å². The van der Waals surface area contributed by atoms with Crippen molar-refractivity contribution < 1.29 is 49.1 Å². The maximum Gasteiger partial charge on any atom is 4.00 e. The molecular formula is Al2O5Ti. The van der Waals surface area contributed by atoms with Crippen LogP contribution in [0.4, 0.5) is 0 Å². The number of rotatable bonds is 0. The van der Waals surface area contributed by atoms with Gasteiger partial charge < -0.3 is 27.4 Å². The van der Waals surface area contributed by atoms with Gasteiger partial charge in [-0.25, -0.2) is 0 Å². The largest absolute Gasteiger partial charge is 4.00 e. The van der Waals surface area contributed by atoms with Crippen molar-refractivity contribution in [3.8, 4) is 0 Å². The molecule has 0 amide bonds. The van der Waals surface area contributed by atoms with Crippen molar-refractivity contribution in [2.75, 3.05) is 0 Å². The van der Waals surface area contributed by atoms with Crippen molar-refractivity contribution in [1.29, 1.82) is 0 Å². The van der Waals surface area contributed by atoms with E-state index in [9.17, 15) is 0 Å². The van der Waals surface area contributed by atoms with Gasteiger partial charge in [0.25, 0.3) is 0 Å².